The smallest absolute Gasteiger partial charge is 0.129 e. The topological polar surface area (TPSA) is 54.6 Å². The minimum absolute atomic E-state index is 0.339. The van der Waals surface area contributed by atoms with Crippen molar-refractivity contribution in [2.24, 2.45) is 0 Å². The highest BCUT2D eigenvalue weighted by atomic mass is 32.2. The van der Waals surface area contributed by atoms with Crippen LogP contribution in [0.3, 0.4) is 0 Å². The molecule has 4 nitrogen and oxygen atoms in total. The highest BCUT2D eigenvalue weighted by Gasteiger charge is 2.15. The van der Waals surface area contributed by atoms with E-state index in [1.807, 2.05) is 23.9 Å². The molecular formula is C13H21NO3S. The van der Waals surface area contributed by atoms with Crippen LogP contribution in [0, 0.1) is 0 Å². The molecule has 5 heteroatoms. The van der Waals surface area contributed by atoms with E-state index in [-0.39, 0.29) is 0 Å². The standard InChI is InChI=1S/C13H21NO3S/c15-11(7-14-8-13-4-2-6-18-13)9-16-10-12-3-1-5-17-12/h1,3,5,11,13-15H,2,4,6-10H2. The van der Waals surface area contributed by atoms with Gasteiger partial charge in [-0.1, -0.05) is 0 Å². The van der Waals surface area contributed by atoms with E-state index in [1.54, 1.807) is 6.26 Å². The zero-order valence-corrected chi connectivity index (χ0v) is 11.3. The van der Waals surface area contributed by atoms with Gasteiger partial charge in [0.2, 0.25) is 0 Å². The molecule has 2 atom stereocenters. The van der Waals surface area contributed by atoms with E-state index in [9.17, 15) is 5.11 Å². The van der Waals surface area contributed by atoms with Gasteiger partial charge in [-0.2, -0.15) is 11.8 Å². The molecule has 1 fully saturated rings. The fourth-order valence-corrected chi connectivity index (χ4v) is 3.20. The van der Waals surface area contributed by atoms with Crippen LogP contribution in [0.15, 0.2) is 22.8 Å². The number of furan rings is 1. The first kappa shape index (κ1) is 13.9. The van der Waals surface area contributed by atoms with Crippen LogP contribution >= 0.6 is 11.8 Å². The van der Waals surface area contributed by atoms with Crippen LogP contribution in [0.2, 0.25) is 0 Å². The SMILES string of the molecule is OC(CNCC1CCCS1)COCc1ccco1. The lowest BCUT2D eigenvalue weighted by molar-refractivity contribution is 0.0228. The van der Waals surface area contributed by atoms with Crippen LogP contribution in [0.4, 0.5) is 0 Å². The Morgan fingerprint density at radius 2 is 2.56 bits per heavy atom. The van der Waals surface area contributed by atoms with Gasteiger partial charge in [0.1, 0.15) is 12.4 Å². The molecule has 0 bridgehead atoms. The van der Waals surface area contributed by atoms with E-state index in [4.69, 9.17) is 9.15 Å². The molecule has 1 aliphatic heterocycles. The number of nitrogens with one attached hydrogen (secondary N) is 1. The van der Waals surface area contributed by atoms with Gasteiger partial charge in [0, 0.05) is 18.3 Å². The van der Waals surface area contributed by atoms with E-state index >= 15 is 0 Å². The molecule has 1 aromatic rings. The Bertz CT molecular complexity index is 312. The van der Waals surface area contributed by atoms with Crippen molar-refractivity contribution in [2.45, 2.75) is 30.8 Å². The van der Waals surface area contributed by atoms with Crippen molar-refractivity contribution in [3.63, 3.8) is 0 Å². The number of ether oxygens (including phenoxy) is 1. The van der Waals surface area contributed by atoms with Gasteiger partial charge >= 0.3 is 0 Å². The van der Waals surface area contributed by atoms with Crippen molar-refractivity contribution in [1.82, 2.24) is 5.32 Å². The third kappa shape index (κ3) is 5.02. The predicted octanol–water partition coefficient (Wildman–Crippen LogP) is 1.64. The summed E-state index contributed by atoms with van der Waals surface area (Å²) < 4.78 is 10.5. The van der Waals surface area contributed by atoms with E-state index < -0.39 is 6.10 Å². The number of hydrogen-bond acceptors (Lipinski definition) is 5. The van der Waals surface area contributed by atoms with Gasteiger partial charge in [-0.05, 0) is 30.7 Å². The van der Waals surface area contributed by atoms with Gasteiger partial charge in [-0.25, -0.2) is 0 Å². The second-order valence-corrected chi connectivity index (χ2v) is 5.95. The zero-order chi connectivity index (χ0) is 12.6. The van der Waals surface area contributed by atoms with Crippen molar-refractivity contribution in [2.75, 3.05) is 25.4 Å². The highest BCUT2D eigenvalue weighted by Crippen LogP contribution is 2.25. The van der Waals surface area contributed by atoms with Crippen LogP contribution in [0.1, 0.15) is 18.6 Å². The lowest BCUT2D eigenvalue weighted by Crippen LogP contribution is -2.33. The summed E-state index contributed by atoms with van der Waals surface area (Å²) in [5.74, 6) is 2.07. The number of thioether (sulfide) groups is 1. The Hall–Kier alpha value is -0.490. The van der Waals surface area contributed by atoms with E-state index in [0.29, 0.717) is 19.8 Å². The quantitative estimate of drug-likeness (QED) is 0.753. The summed E-state index contributed by atoms with van der Waals surface area (Å²) in [5.41, 5.74) is 0. The third-order valence-electron chi connectivity index (χ3n) is 2.91. The Kier molecular flexibility index (Phi) is 6.07. The first-order valence-corrected chi connectivity index (χ1v) is 7.50. The van der Waals surface area contributed by atoms with Crippen molar-refractivity contribution in [1.29, 1.82) is 0 Å². The van der Waals surface area contributed by atoms with Gasteiger partial charge in [-0.3, -0.25) is 0 Å². The van der Waals surface area contributed by atoms with Crippen LogP contribution in [-0.2, 0) is 11.3 Å². The number of rotatable bonds is 8. The summed E-state index contributed by atoms with van der Waals surface area (Å²) in [6.07, 6.45) is 3.79. The van der Waals surface area contributed by atoms with Gasteiger partial charge < -0.3 is 19.6 Å². The molecular weight excluding hydrogens is 250 g/mol. The molecule has 0 aromatic carbocycles. The second kappa shape index (κ2) is 7.84. The second-order valence-electron chi connectivity index (χ2n) is 4.54. The summed E-state index contributed by atoms with van der Waals surface area (Å²) >= 11 is 2.02. The summed E-state index contributed by atoms with van der Waals surface area (Å²) in [7, 11) is 0. The molecule has 0 amide bonds. The predicted molar refractivity (Wildman–Crippen MR) is 72.7 cm³/mol. The molecule has 2 heterocycles. The Morgan fingerprint density at radius 1 is 1.61 bits per heavy atom. The molecule has 2 N–H and O–H groups in total. The average Bonchev–Trinajstić information content (AvgIpc) is 3.01. The summed E-state index contributed by atoms with van der Waals surface area (Å²) in [5, 5.41) is 13.7. The highest BCUT2D eigenvalue weighted by molar-refractivity contribution is 8.00. The number of hydrogen-bond donors (Lipinski definition) is 2. The summed E-state index contributed by atoms with van der Waals surface area (Å²) in [6, 6.07) is 3.69. The molecule has 1 aromatic heterocycles. The lowest BCUT2D eigenvalue weighted by Gasteiger charge is -2.14. The number of aliphatic hydroxyl groups is 1. The van der Waals surface area contributed by atoms with Crippen LogP contribution in [-0.4, -0.2) is 41.9 Å². The maximum absolute atomic E-state index is 9.73. The summed E-state index contributed by atoms with van der Waals surface area (Å²) in [6.45, 7) is 2.34. The number of aliphatic hydroxyl groups excluding tert-OH is 1. The van der Waals surface area contributed by atoms with E-state index in [2.05, 4.69) is 5.32 Å². The average molecular weight is 271 g/mol. The normalized spacial score (nSPS) is 21.3. The fourth-order valence-electron chi connectivity index (χ4n) is 1.97. The molecule has 2 rings (SSSR count). The molecule has 18 heavy (non-hydrogen) atoms. The van der Waals surface area contributed by atoms with Gasteiger partial charge in [0.25, 0.3) is 0 Å². The third-order valence-corrected chi connectivity index (χ3v) is 4.31. The van der Waals surface area contributed by atoms with Crippen molar-refractivity contribution >= 4 is 11.8 Å². The maximum Gasteiger partial charge on any atom is 0.129 e. The lowest BCUT2D eigenvalue weighted by atomic mass is 10.2. The fraction of sp³-hybridized carbons (Fsp3) is 0.692. The van der Waals surface area contributed by atoms with Crippen LogP contribution < -0.4 is 5.32 Å². The van der Waals surface area contributed by atoms with Gasteiger partial charge in [0.15, 0.2) is 0 Å². The Labute approximate surface area is 112 Å². The van der Waals surface area contributed by atoms with E-state index in [0.717, 1.165) is 17.6 Å². The minimum Gasteiger partial charge on any atom is -0.467 e. The largest absolute Gasteiger partial charge is 0.467 e. The molecule has 1 aliphatic rings. The van der Waals surface area contributed by atoms with Crippen LogP contribution in [0.25, 0.3) is 0 Å². The first-order valence-electron chi connectivity index (χ1n) is 6.45. The molecule has 102 valence electrons. The van der Waals surface area contributed by atoms with Crippen molar-refractivity contribution < 1.29 is 14.3 Å². The van der Waals surface area contributed by atoms with E-state index in [1.165, 1.54) is 18.6 Å². The van der Waals surface area contributed by atoms with Crippen LogP contribution in [0.5, 0.6) is 0 Å². The molecule has 0 saturated carbocycles. The van der Waals surface area contributed by atoms with Crippen molar-refractivity contribution in [3.8, 4) is 0 Å². The first-order chi connectivity index (χ1) is 8.84. The molecule has 0 spiro atoms. The maximum atomic E-state index is 9.73. The Morgan fingerprint density at radius 3 is 3.28 bits per heavy atom. The molecule has 0 radical (unpaired) electrons. The molecule has 1 saturated heterocycles. The van der Waals surface area contributed by atoms with Gasteiger partial charge in [-0.15, -0.1) is 0 Å². The van der Waals surface area contributed by atoms with Gasteiger partial charge in [0.05, 0.1) is 19.0 Å². The monoisotopic (exact) mass is 271 g/mol. The summed E-state index contributed by atoms with van der Waals surface area (Å²) in [4.78, 5) is 0. The molecule has 2 unspecified atom stereocenters. The Balaban J connectivity index is 1.48. The van der Waals surface area contributed by atoms with Crippen molar-refractivity contribution in [3.05, 3.63) is 24.2 Å². The minimum atomic E-state index is -0.452. The zero-order valence-electron chi connectivity index (χ0n) is 10.5. The molecule has 0 aliphatic carbocycles.